The molecule has 4 heteroatoms. The summed E-state index contributed by atoms with van der Waals surface area (Å²) in [5, 5.41) is 0. The van der Waals surface area contributed by atoms with E-state index in [1.165, 1.54) is 0 Å². The molecular weight excluding hydrogens is 336 g/mol. The normalized spacial score (nSPS) is 8.86. The Bertz CT molecular complexity index is 232. The zero-order valence-corrected chi connectivity index (χ0v) is 11.9. The zero-order valence-electron chi connectivity index (χ0n) is 8.83. The zero-order chi connectivity index (χ0) is 9.46. The molecule has 0 saturated carbocycles. The van der Waals surface area contributed by atoms with Gasteiger partial charge in [0.15, 0.2) is 0 Å². The molecule has 0 radical (unpaired) electrons. The van der Waals surface area contributed by atoms with E-state index in [9.17, 15) is 0 Å². The minimum absolute atomic E-state index is 0. The Morgan fingerprint density at radius 2 is 0.786 bits per heavy atom. The Labute approximate surface area is 112 Å². The van der Waals surface area contributed by atoms with Gasteiger partial charge in [0.25, 0.3) is 0 Å². The van der Waals surface area contributed by atoms with E-state index in [0.29, 0.717) is 0 Å². The van der Waals surface area contributed by atoms with Gasteiger partial charge in [-0.05, 0) is 49.9 Å². The quantitative estimate of drug-likeness (QED) is 0.469. The third kappa shape index (κ3) is 2.54. The Kier molecular flexibility index (Phi) is 6.83. The van der Waals surface area contributed by atoms with E-state index < -0.39 is 0 Å². The van der Waals surface area contributed by atoms with Crippen LogP contribution in [0.5, 0.6) is 0 Å². The standard InChI is InChI=1S/C10H16N2.Ag.BrH/c1-5-6(2)10(12)8(4)7(3)9(5)11;;/h11-12H2,1-4H3;;1H/q;+1;/p-1. The summed E-state index contributed by atoms with van der Waals surface area (Å²) in [7, 11) is 0. The largest absolute Gasteiger partial charge is 1.00 e. The maximum atomic E-state index is 5.90. The molecule has 1 aromatic rings. The van der Waals surface area contributed by atoms with Crippen molar-refractivity contribution in [2.45, 2.75) is 27.7 Å². The molecule has 0 bridgehead atoms. The Morgan fingerprint density at radius 3 is 0.929 bits per heavy atom. The molecular formula is C10H16AgBrN2. The van der Waals surface area contributed by atoms with E-state index in [1.807, 2.05) is 27.7 Å². The summed E-state index contributed by atoms with van der Waals surface area (Å²) in [6, 6.07) is 0. The molecule has 14 heavy (non-hydrogen) atoms. The van der Waals surface area contributed by atoms with Crippen molar-refractivity contribution in [3.05, 3.63) is 22.3 Å². The summed E-state index contributed by atoms with van der Waals surface area (Å²) in [6.45, 7) is 8.03. The molecule has 0 aliphatic rings. The summed E-state index contributed by atoms with van der Waals surface area (Å²) in [4.78, 5) is 0. The third-order valence-electron chi connectivity index (χ3n) is 2.74. The number of hydrogen-bond donors (Lipinski definition) is 2. The van der Waals surface area contributed by atoms with Crippen LogP contribution in [0.3, 0.4) is 0 Å². The van der Waals surface area contributed by atoms with Crippen molar-refractivity contribution < 1.29 is 39.4 Å². The molecule has 0 heterocycles. The van der Waals surface area contributed by atoms with Crippen LogP contribution in [0.4, 0.5) is 11.4 Å². The van der Waals surface area contributed by atoms with Gasteiger partial charge < -0.3 is 28.4 Å². The van der Waals surface area contributed by atoms with Crippen LogP contribution in [0, 0.1) is 27.7 Å². The van der Waals surface area contributed by atoms with Crippen molar-refractivity contribution in [3.8, 4) is 0 Å². The molecule has 1 aromatic carbocycles. The number of anilines is 2. The van der Waals surface area contributed by atoms with Crippen molar-refractivity contribution in [2.24, 2.45) is 0 Å². The van der Waals surface area contributed by atoms with Crippen molar-refractivity contribution in [1.82, 2.24) is 0 Å². The van der Waals surface area contributed by atoms with E-state index >= 15 is 0 Å². The molecule has 0 unspecified atom stereocenters. The maximum absolute atomic E-state index is 5.90. The summed E-state index contributed by atoms with van der Waals surface area (Å²) in [5.41, 5.74) is 18.0. The SMILES string of the molecule is Cc1c(C)c(N)c(C)c(C)c1N.[Ag+].[Br-]. The molecule has 0 aromatic heterocycles. The first kappa shape index (κ1) is 16.5. The average Bonchev–Trinajstić information content (AvgIpc) is 2.08. The molecule has 84 valence electrons. The third-order valence-corrected chi connectivity index (χ3v) is 2.74. The second kappa shape index (κ2) is 5.81. The van der Waals surface area contributed by atoms with Crippen LogP contribution in [-0.2, 0) is 22.4 Å². The molecule has 0 amide bonds. The number of nitrogen functional groups attached to an aromatic ring is 2. The topological polar surface area (TPSA) is 52.0 Å². The van der Waals surface area contributed by atoms with Gasteiger partial charge in [0.2, 0.25) is 0 Å². The van der Waals surface area contributed by atoms with Crippen LogP contribution in [0.15, 0.2) is 0 Å². The number of rotatable bonds is 0. The summed E-state index contributed by atoms with van der Waals surface area (Å²) in [5.74, 6) is 0. The summed E-state index contributed by atoms with van der Waals surface area (Å²) in [6.07, 6.45) is 0. The molecule has 0 spiro atoms. The monoisotopic (exact) mass is 350 g/mol. The Balaban J connectivity index is 0. The fraction of sp³-hybridized carbons (Fsp3) is 0.400. The summed E-state index contributed by atoms with van der Waals surface area (Å²) < 4.78 is 0. The summed E-state index contributed by atoms with van der Waals surface area (Å²) >= 11 is 0. The number of hydrogen-bond acceptors (Lipinski definition) is 2. The van der Waals surface area contributed by atoms with Crippen molar-refractivity contribution >= 4 is 11.4 Å². The number of benzene rings is 1. The van der Waals surface area contributed by atoms with Gasteiger partial charge in [-0.15, -0.1) is 0 Å². The first-order chi connectivity index (χ1) is 5.46. The van der Waals surface area contributed by atoms with E-state index in [2.05, 4.69) is 0 Å². The average molecular weight is 352 g/mol. The van der Waals surface area contributed by atoms with Crippen molar-refractivity contribution in [2.75, 3.05) is 11.5 Å². The van der Waals surface area contributed by atoms with Crippen LogP contribution in [0.2, 0.25) is 0 Å². The van der Waals surface area contributed by atoms with Crippen LogP contribution < -0.4 is 28.4 Å². The molecule has 2 nitrogen and oxygen atoms in total. The Morgan fingerprint density at radius 1 is 0.643 bits per heavy atom. The first-order valence-electron chi connectivity index (χ1n) is 4.08. The van der Waals surface area contributed by atoms with Crippen molar-refractivity contribution in [1.29, 1.82) is 0 Å². The van der Waals surface area contributed by atoms with Crippen molar-refractivity contribution in [3.63, 3.8) is 0 Å². The molecule has 0 fully saturated rings. The second-order valence-corrected chi connectivity index (χ2v) is 3.33. The maximum Gasteiger partial charge on any atom is 1.00 e. The van der Waals surface area contributed by atoms with Crippen LogP contribution in [0.1, 0.15) is 22.3 Å². The molecule has 0 atom stereocenters. The van der Waals surface area contributed by atoms with Gasteiger partial charge in [-0.2, -0.15) is 0 Å². The van der Waals surface area contributed by atoms with Gasteiger partial charge in [-0.3, -0.25) is 0 Å². The second-order valence-electron chi connectivity index (χ2n) is 3.33. The van der Waals surface area contributed by atoms with E-state index in [0.717, 1.165) is 33.6 Å². The van der Waals surface area contributed by atoms with E-state index in [-0.39, 0.29) is 39.4 Å². The fourth-order valence-corrected chi connectivity index (χ4v) is 1.37. The molecule has 4 N–H and O–H groups in total. The predicted octanol–water partition coefficient (Wildman–Crippen LogP) is -0.914. The van der Waals surface area contributed by atoms with Gasteiger partial charge in [0.1, 0.15) is 0 Å². The fourth-order valence-electron chi connectivity index (χ4n) is 1.37. The van der Waals surface area contributed by atoms with Crippen LogP contribution >= 0.6 is 0 Å². The first-order valence-corrected chi connectivity index (χ1v) is 4.08. The Hall–Kier alpha value is 0.0403. The predicted molar refractivity (Wildman–Crippen MR) is 54.2 cm³/mol. The molecule has 0 saturated heterocycles. The molecule has 0 aliphatic heterocycles. The number of halogens is 1. The minimum Gasteiger partial charge on any atom is -1.00 e. The van der Waals surface area contributed by atoms with Gasteiger partial charge >= 0.3 is 22.4 Å². The van der Waals surface area contributed by atoms with E-state index in [4.69, 9.17) is 11.5 Å². The minimum atomic E-state index is 0. The number of nitrogens with two attached hydrogens (primary N) is 2. The van der Waals surface area contributed by atoms with Crippen LogP contribution in [-0.4, -0.2) is 0 Å². The van der Waals surface area contributed by atoms with E-state index in [1.54, 1.807) is 0 Å². The van der Waals surface area contributed by atoms with Crippen LogP contribution in [0.25, 0.3) is 0 Å². The smallest absolute Gasteiger partial charge is 1.00 e. The van der Waals surface area contributed by atoms with Gasteiger partial charge in [-0.25, -0.2) is 0 Å². The molecule has 0 aliphatic carbocycles. The van der Waals surface area contributed by atoms with Gasteiger partial charge in [-0.1, -0.05) is 0 Å². The van der Waals surface area contributed by atoms with Gasteiger partial charge in [0, 0.05) is 11.4 Å². The van der Waals surface area contributed by atoms with Gasteiger partial charge in [0.05, 0.1) is 0 Å². The molecule has 1 rings (SSSR count).